The fourth-order valence-electron chi connectivity index (χ4n) is 3.02. The van der Waals surface area contributed by atoms with Gasteiger partial charge in [0.1, 0.15) is 5.82 Å². The summed E-state index contributed by atoms with van der Waals surface area (Å²) in [4.78, 5) is 16.6. The van der Waals surface area contributed by atoms with Gasteiger partial charge < -0.3 is 5.32 Å². The summed E-state index contributed by atoms with van der Waals surface area (Å²) < 4.78 is 13.7. The lowest BCUT2D eigenvalue weighted by Crippen LogP contribution is -2.48. The molecule has 2 aromatic carbocycles. The van der Waals surface area contributed by atoms with E-state index in [4.69, 9.17) is 11.6 Å². The summed E-state index contributed by atoms with van der Waals surface area (Å²) in [5.41, 5.74) is 1.32. The number of carbonyl (C=O) groups excluding carboxylic acids is 1. The van der Waals surface area contributed by atoms with Gasteiger partial charge in [0.05, 0.1) is 12.2 Å². The van der Waals surface area contributed by atoms with Crippen molar-refractivity contribution >= 4 is 29.3 Å². The van der Waals surface area contributed by atoms with Gasteiger partial charge in [0.2, 0.25) is 5.91 Å². The van der Waals surface area contributed by atoms with E-state index in [2.05, 4.69) is 39.4 Å². The zero-order valence-electron chi connectivity index (χ0n) is 15.1. The van der Waals surface area contributed by atoms with E-state index in [9.17, 15) is 9.18 Å². The molecule has 1 aliphatic rings. The van der Waals surface area contributed by atoms with Gasteiger partial charge in [-0.2, -0.15) is 0 Å². The molecule has 1 fully saturated rings. The molecular weight excluding hydrogens is 365 g/mol. The monoisotopic (exact) mass is 387 g/mol. The van der Waals surface area contributed by atoms with E-state index in [0.29, 0.717) is 5.02 Å². The molecule has 27 heavy (non-hydrogen) atoms. The minimum atomic E-state index is -0.484. The maximum absolute atomic E-state index is 13.7. The zero-order valence-corrected chi connectivity index (χ0v) is 15.8. The quantitative estimate of drug-likeness (QED) is 0.820. The molecular formula is C21H23ClFN3O. The van der Waals surface area contributed by atoms with Crippen LogP contribution in [-0.4, -0.2) is 55.0 Å². The van der Waals surface area contributed by atoms with Crippen molar-refractivity contribution in [3.63, 3.8) is 0 Å². The van der Waals surface area contributed by atoms with Crippen LogP contribution >= 0.6 is 11.6 Å². The Morgan fingerprint density at radius 1 is 1.07 bits per heavy atom. The highest BCUT2D eigenvalue weighted by Gasteiger charge is 2.18. The Morgan fingerprint density at radius 2 is 1.78 bits per heavy atom. The largest absolute Gasteiger partial charge is 0.322 e. The Bertz CT molecular complexity index is 789. The smallest absolute Gasteiger partial charge is 0.238 e. The second-order valence-corrected chi connectivity index (χ2v) is 7.00. The van der Waals surface area contributed by atoms with Gasteiger partial charge in [0.25, 0.3) is 0 Å². The molecule has 0 unspecified atom stereocenters. The average Bonchev–Trinajstić information content (AvgIpc) is 2.67. The highest BCUT2D eigenvalue weighted by Crippen LogP contribution is 2.19. The fourth-order valence-corrected chi connectivity index (χ4v) is 3.19. The van der Waals surface area contributed by atoms with E-state index in [1.54, 1.807) is 0 Å². The van der Waals surface area contributed by atoms with Gasteiger partial charge in [-0.15, -0.1) is 0 Å². The number of hydrogen-bond acceptors (Lipinski definition) is 3. The third kappa shape index (κ3) is 6.17. The predicted molar refractivity (Wildman–Crippen MR) is 108 cm³/mol. The van der Waals surface area contributed by atoms with Crippen LogP contribution in [0.25, 0.3) is 6.08 Å². The third-order valence-corrected chi connectivity index (χ3v) is 4.74. The highest BCUT2D eigenvalue weighted by molar-refractivity contribution is 6.30. The number of halogens is 2. The van der Waals surface area contributed by atoms with Gasteiger partial charge in [0.15, 0.2) is 0 Å². The lowest BCUT2D eigenvalue weighted by molar-refractivity contribution is -0.117. The van der Waals surface area contributed by atoms with Crippen molar-refractivity contribution in [3.05, 3.63) is 71.0 Å². The van der Waals surface area contributed by atoms with Crippen LogP contribution in [0.4, 0.5) is 10.1 Å². The number of carbonyl (C=O) groups is 1. The van der Waals surface area contributed by atoms with E-state index >= 15 is 0 Å². The number of rotatable bonds is 6. The first-order valence-electron chi connectivity index (χ1n) is 9.01. The molecule has 0 aromatic heterocycles. The molecule has 0 aliphatic carbocycles. The van der Waals surface area contributed by atoms with Crippen molar-refractivity contribution in [2.75, 3.05) is 44.6 Å². The second kappa shape index (κ2) is 9.65. The summed E-state index contributed by atoms with van der Waals surface area (Å²) in [5.74, 6) is -0.712. The van der Waals surface area contributed by atoms with Crippen LogP contribution in [0.5, 0.6) is 0 Å². The Balaban J connectivity index is 1.40. The third-order valence-electron chi connectivity index (χ3n) is 4.51. The molecule has 1 saturated heterocycles. The molecule has 1 aliphatic heterocycles. The normalized spacial score (nSPS) is 15.9. The fraction of sp³-hybridized carbons (Fsp3) is 0.286. The molecule has 0 spiro atoms. The highest BCUT2D eigenvalue weighted by atomic mass is 35.5. The molecule has 0 radical (unpaired) electrons. The van der Waals surface area contributed by atoms with Crippen molar-refractivity contribution in [1.82, 2.24) is 9.80 Å². The van der Waals surface area contributed by atoms with Crippen LogP contribution in [0, 0.1) is 5.82 Å². The van der Waals surface area contributed by atoms with E-state index in [1.807, 2.05) is 18.2 Å². The molecule has 1 N–H and O–H groups in total. The summed E-state index contributed by atoms with van der Waals surface area (Å²) >= 11 is 5.85. The maximum Gasteiger partial charge on any atom is 0.238 e. The molecule has 3 rings (SSSR count). The maximum atomic E-state index is 13.7. The summed E-state index contributed by atoms with van der Waals surface area (Å²) in [7, 11) is 0. The molecule has 1 heterocycles. The van der Waals surface area contributed by atoms with E-state index in [-0.39, 0.29) is 18.1 Å². The van der Waals surface area contributed by atoms with Gasteiger partial charge in [-0.3, -0.25) is 14.6 Å². The van der Waals surface area contributed by atoms with Crippen LogP contribution in [0.1, 0.15) is 5.56 Å². The van der Waals surface area contributed by atoms with Crippen molar-refractivity contribution in [1.29, 1.82) is 0 Å². The molecule has 142 valence electrons. The van der Waals surface area contributed by atoms with Gasteiger partial charge in [-0.25, -0.2) is 4.39 Å². The first kappa shape index (κ1) is 19.5. The minimum absolute atomic E-state index is 0.122. The number of hydrogen-bond donors (Lipinski definition) is 1. The Hall–Kier alpha value is -2.21. The standard InChI is InChI=1S/C21H23ClFN3O/c22-18-8-9-19(23)20(15-18)24-21(27)16-26-13-11-25(12-14-26)10-4-7-17-5-2-1-3-6-17/h1-9,15H,10-14,16H2,(H,24,27)/b7-4+. The molecule has 6 heteroatoms. The first-order chi connectivity index (χ1) is 13.1. The SMILES string of the molecule is O=C(CN1CCN(C/C=C/c2ccccc2)CC1)Nc1cc(Cl)ccc1F. The Morgan fingerprint density at radius 3 is 2.52 bits per heavy atom. The van der Waals surface area contributed by atoms with Crippen molar-refractivity contribution < 1.29 is 9.18 Å². The Kier molecular flexibility index (Phi) is 6.98. The van der Waals surface area contributed by atoms with Crippen LogP contribution in [-0.2, 0) is 4.79 Å². The van der Waals surface area contributed by atoms with Crippen LogP contribution in [0.3, 0.4) is 0 Å². The van der Waals surface area contributed by atoms with Crippen LogP contribution < -0.4 is 5.32 Å². The van der Waals surface area contributed by atoms with Crippen LogP contribution in [0.2, 0.25) is 5.02 Å². The number of anilines is 1. The second-order valence-electron chi connectivity index (χ2n) is 6.56. The number of piperazine rings is 1. The van der Waals surface area contributed by atoms with Crippen LogP contribution in [0.15, 0.2) is 54.6 Å². The Labute approximate surface area is 164 Å². The molecule has 2 aromatic rings. The number of amides is 1. The zero-order chi connectivity index (χ0) is 19.1. The van der Waals surface area contributed by atoms with Crippen molar-refractivity contribution in [3.8, 4) is 0 Å². The summed E-state index contributed by atoms with van der Waals surface area (Å²) in [6.07, 6.45) is 4.29. The van der Waals surface area contributed by atoms with Gasteiger partial charge in [-0.05, 0) is 23.8 Å². The van der Waals surface area contributed by atoms with E-state index in [1.165, 1.54) is 23.8 Å². The topological polar surface area (TPSA) is 35.6 Å². The van der Waals surface area contributed by atoms with E-state index in [0.717, 1.165) is 32.7 Å². The molecule has 0 bridgehead atoms. The molecule has 0 atom stereocenters. The van der Waals surface area contributed by atoms with Crippen molar-refractivity contribution in [2.45, 2.75) is 0 Å². The lowest BCUT2D eigenvalue weighted by Gasteiger charge is -2.33. The molecule has 4 nitrogen and oxygen atoms in total. The number of nitrogens with one attached hydrogen (secondary N) is 1. The van der Waals surface area contributed by atoms with Gasteiger partial charge in [0, 0.05) is 37.7 Å². The van der Waals surface area contributed by atoms with E-state index < -0.39 is 5.82 Å². The molecule has 1 amide bonds. The predicted octanol–water partition coefficient (Wildman–Crippen LogP) is 3.75. The lowest BCUT2D eigenvalue weighted by atomic mass is 10.2. The number of benzene rings is 2. The minimum Gasteiger partial charge on any atom is -0.322 e. The average molecular weight is 388 g/mol. The summed E-state index contributed by atoms with van der Waals surface area (Å²) in [6.45, 7) is 4.56. The molecule has 0 saturated carbocycles. The summed E-state index contributed by atoms with van der Waals surface area (Å²) in [6, 6.07) is 14.3. The summed E-state index contributed by atoms with van der Waals surface area (Å²) in [5, 5.41) is 2.99. The van der Waals surface area contributed by atoms with Crippen molar-refractivity contribution in [2.24, 2.45) is 0 Å². The van der Waals surface area contributed by atoms with Gasteiger partial charge >= 0.3 is 0 Å². The van der Waals surface area contributed by atoms with Gasteiger partial charge in [-0.1, -0.05) is 54.1 Å². The number of nitrogens with zero attached hydrogens (tertiary/aromatic N) is 2. The first-order valence-corrected chi connectivity index (χ1v) is 9.39.